The molecule has 0 atom stereocenters. The van der Waals surface area contributed by atoms with Crippen LogP contribution in [0, 0.1) is 6.92 Å². The van der Waals surface area contributed by atoms with Crippen LogP contribution in [0.2, 0.25) is 0 Å². The van der Waals surface area contributed by atoms with Crippen molar-refractivity contribution >= 4 is 5.69 Å². The highest BCUT2D eigenvalue weighted by atomic mass is 15.3. The van der Waals surface area contributed by atoms with Crippen molar-refractivity contribution in [2.75, 3.05) is 5.73 Å². The van der Waals surface area contributed by atoms with Crippen LogP contribution in [0.4, 0.5) is 5.69 Å². The number of hydrogen-bond acceptors (Lipinski definition) is 2. The molecular weight excluding hydrogens is 198 g/mol. The molecule has 1 aromatic carbocycles. The van der Waals surface area contributed by atoms with Crippen molar-refractivity contribution < 1.29 is 0 Å². The minimum absolute atomic E-state index is 0.312. The van der Waals surface area contributed by atoms with Crippen molar-refractivity contribution in [2.24, 2.45) is 0 Å². The van der Waals surface area contributed by atoms with Crippen molar-refractivity contribution in [2.45, 2.75) is 26.8 Å². The van der Waals surface area contributed by atoms with Crippen molar-refractivity contribution in [3.05, 3.63) is 36.0 Å². The number of nitrogen functional groups attached to an aromatic ring is 1. The maximum Gasteiger partial charge on any atom is 0.0917 e. The van der Waals surface area contributed by atoms with E-state index < -0.39 is 0 Å². The lowest BCUT2D eigenvalue weighted by Gasteiger charge is -2.13. The summed E-state index contributed by atoms with van der Waals surface area (Å²) < 4.78 is 1.97. The Hall–Kier alpha value is -1.77. The van der Waals surface area contributed by atoms with E-state index in [1.807, 2.05) is 16.8 Å². The molecule has 0 unspecified atom stereocenters. The fourth-order valence-electron chi connectivity index (χ4n) is 1.88. The minimum atomic E-state index is 0.312. The lowest BCUT2D eigenvalue weighted by molar-refractivity contribution is 0.538. The van der Waals surface area contributed by atoms with E-state index in [0.29, 0.717) is 6.04 Å². The largest absolute Gasteiger partial charge is 0.396 e. The molecule has 0 aliphatic heterocycles. The summed E-state index contributed by atoms with van der Waals surface area (Å²) in [5, 5.41) is 4.32. The number of nitrogens with two attached hydrogens (primary N) is 1. The van der Waals surface area contributed by atoms with Crippen LogP contribution in [-0.2, 0) is 0 Å². The summed E-state index contributed by atoms with van der Waals surface area (Å²) in [5.74, 6) is 0. The monoisotopic (exact) mass is 215 g/mol. The molecule has 1 heterocycles. The van der Waals surface area contributed by atoms with E-state index in [2.05, 4.69) is 38.0 Å². The number of anilines is 1. The second-order valence-corrected chi connectivity index (χ2v) is 4.30. The number of rotatable bonds is 2. The molecule has 0 radical (unpaired) electrons. The molecule has 0 spiro atoms. The molecular formula is C13H17N3. The molecule has 0 bridgehead atoms. The second-order valence-electron chi connectivity index (χ2n) is 4.30. The van der Waals surface area contributed by atoms with Gasteiger partial charge in [-0.25, -0.2) is 0 Å². The van der Waals surface area contributed by atoms with Gasteiger partial charge in [0.25, 0.3) is 0 Å². The Morgan fingerprint density at radius 2 is 1.94 bits per heavy atom. The van der Waals surface area contributed by atoms with Gasteiger partial charge < -0.3 is 5.73 Å². The molecule has 3 heteroatoms. The number of aromatic nitrogens is 2. The zero-order valence-corrected chi connectivity index (χ0v) is 9.94. The summed E-state index contributed by atoms with van der Waals surface area (Å²) in [4.78, 5) is 0. The first-order valence-corrected chi connectivity index (χ1v) is 5.50. The highest BCUT2D eigenvalue weighted by Gasteiger charge is 2.14. The predicted octanol–water partition coefficient (Wildman–Crippen LogP) is 3.02. The molecule has 0 fully saturated rings. The maximum atomic E-state index is 6.00. The van der Waals surface area contributed by atoms with E-state index in [0.717, 1.165) is 16.9 Å². The Labute approximate surface area is 95.9 Å². The Kier molecular flexibility index (Phi) is 2.69. The van der Waals surface area contributed by atoms with Gasteiger partial charge in [0.1, 0.15) is 0 Å². The van der Waals surface area contributed by atoms with Crippen LogP contribution >= 0.6 is 0 Å². The molecule has 2 rings (SSSR count). The number of hydrogen-bond donors (Lipinski definition) is 1. The molecule has 0 aliphatic rings. The normalized spacial score (nSPS) is 11.0. The van der Waals surface area contributed by atoms with E-state index in [1.165, 1.54) is 5.56 Å². The third-order valence-electron chi connectivity index (χ3n) is 2.71. The third-order valence-corrected chi connectivity index (χ3v) is 2.71. The first-order chi connectivity index (χ1) is 7.61. The molecule has 0 aliphatic carbocycles. The SMILES string of the molecule is Cc1ccccc1-c1c(N)cnn1C(C)C. The van der Waals surface area contributed by atoms with Crippen LogP contribution in [0.3, 0.4) is 0 Å². The van der Waals surface area contributed by atoms with Crippen LogP contribution in [-0.4, -0.2) is 9.78 Å². The smallest absolute Gasteiger partial charge is 0.0917 e. The van der Waals surface area contributed by atoms with Gasteiger partial charge >= 0.3 is 0 Å². The van der Waals surface area contributed by atoms with E-state index in [9.17, 15) is 0 Å². The molecule has 0 saturated carbocycles. The molecule has 84 valence electrons. The molecule has 0 amide bonds. The first kappa shape index (κ1) is 10.7. The molecule has 2 aromatic rings. The van der Waals surface area contributed by atoms with Gasteiger partial charge in [-0.3, -0.25) is 4.68 Å². The van der Waals surface area contributed by atoms with Crippen LogP contribution in [0.15, 0.2) is 30.5 Å². The van der Waals surface area contributed by atoms with Gasteiger partial charge in [0.15, 0.2) is 0 Å². The van der Waals surface area contributed by atoms with E-state index in [-0.39, 0.29) is 0 Å². The average molecular weight is 215 g/mol. The Balaban J connectivity index is 2.64. The first-order valence-electron chi connectivity index (χ1n) is 5.50. The van der Waals surface area contributed by atoms with Gasteiger partial charge in [0.2, 0.25) is 0 Å². The highest BCUT2D eigenvalue weighted by molar-refractivity contribution is 5.75. The Morgan fingerprint density at radius 3 is 2.56 bits per heavy atom. The summed E-state index contributed by atoms with van der Waals surface area (Å²) in [6.45, 7) is 6.30. The lowest BCUT2D eigenvalue weighted by atomic mass is 10.0. The molecule has 0 saturated heterocycles. The zero-order chi connectivity index (χ0) is 11.7. The quantitative estimate of drug-likeness (QED) is 0.836. The van der Waals surface area contributed by atoms with Gasteiger partial charge in [-0.05, 0) is 26.3 Å². The summed E-state index contributed by atoms with van der Waals surface area (Å²) in [5.41, 5.74) is 10.1. The molecule has 3 nitrogen and oxygen atoms in total. The number of benzene rings is 1. The highest BCUT2D eigenvalue weighted by Crippen LogP contribution is 2.30. The number of nitrogens with zero attached hydrogens (tertiary/aromatic N) is 2. The number of aryl methyl sites for hydroxylation is 1. The van der Waals surface area contributed by atoms with Gasteiger partial charge in [-0.2, -0.15) is 5.10 Å². The van der Waals surface area contributed by atoms with Gasteiger partial charge in [-0.15, -0.1) is 0 Å². The van der Waals surface area contributed by atoms with E-state index >= 15 is 0 Å². The van der Waals surface area contributed by atoms with Gasteiger partial charge in [0, 0.05) is 11.6 Å². The molecule has 2 N–H and O–H groups in total. The topological polar surface area (TPSA) is 43.8 Å². The Morgan fingerprint density at radius 1 is 1.25 bits per heavy atom. The van der Waals surface area contributed by atoms with Gasteiger partial charge in [-0.1, -0.05) is 24.3 Å². The van der Waals surface area contributed by atoms with Crippen LogP contribution in [0.1, 0.15) is 25.5 Å². The van der Waals surface area contributed by atoms with Crippen LogP contribution in [0.25, 0.3) is 11.3 Å². The van der Waals surface area contributed by atoms with Crippen molar-refractivity contribution in [1.82, 2.24) is 9.78 Å². The second kappa shape index (κ2) is 4.00. The van der Waals surface area contributed by atoms with Crippen LogP contribution < -0.4 is 5.73 Å². The van der Waals surface area contributed by atoms with Crippen LogP contribution in [0.5, 0.6) is 0 Å². The summed E-state index contributed by atoms with van der Waals surface area (Å²) in [6, 6.07) is 8.55. The van der Waals surface area contributed by atoms with E-state index in [1.54, 1.807) is 6.20 Å². The zero-order valence-electron chi connectivity index (χ0n) is 9.94. The third kappa shape index (κ3) is 1.69. The fraction of sp³-hybridized carbons (Fsp3) is 0.308. The van der Waals surface area contributed by atoms with Gasteiger partial charge in [0.05, 0.1) is 17.6 Å². The fourth-order valence-corrected chi connectivity index (χ4v) is 1.88. The average Bonchev–Trinajstić information content (AvgIpc) is 2.61. The van der Waals surface area contributed by atoms with Crippen molar-refractivity contribution in [1.29, 1.82) is 0 Å². The summed E-state index contributed by atoms with van der Waals surface area (Å²) >= 11 is 0. The predicted molar refractivity (Wildman–Crippen MR) is 67.2 cm³/mol. The molecule has 16 heavy (non-hydrogen) atoms. The maximum absolute atomic E-state index is 6.00. The summed E-state index contributed by atoms with van der Waals surface area (Å²) in [7, 11) is 0. The van der Waals surface area contributed by atoms with Crippen molar-refractivity contribution in [3.63, 3.8) is 0 Å². The molecule has 1 aromatic heterocycles. The standard InChI is InChI=1S/C13H17N3/c1-9(2)16-13(12(14)8-15-16)11-7-5-4-6-10(11)3/h4-9H,14H2,1-3H3. The lowest BCUT2D eigenvalue weighted by Crippen LogP contribution is -2.06. The Bertz CT molecular complexity index is 498. The summed E-state index contributed by atoms with van der Waals surface area (Å²) in [6.07, 6.45) is 1.72. The minimum Gasteiger partial charge on any atom is -0.396 e. The van der Waals surface area contributed by atoms with Crippen molar-refractivity contribution in [3.8, 4) is 11.3 Å². The van der Waals surface area contributed by atoms with E-state index in [4.69, 9.17) is 5.73 Å².